The summed E-state index contributed by atoms with van der Waals surface area (Å²) in [6.45, 7) is 0. The molecule has 3 aliphatic rings. The molecule has 14 aromatic rings. The van der Waals surface area contributed by atoms with Gasteiger partial charge in [-0.1, -0.05) is 182 Å². The number of hydrogen-bond donors (Lipinski definition) is 0. The van der Waals surface area contributed by atoms with Crippen LogP contribution in [-0.4, -0.2) is 0 Å². The number of anilines is 6. The van der Waals surface area contributed by atoms with E-state index in [4.69, 9.17) is 0 Å². The SMILES string of the molecule is c1ccc(N2c3ccccc3C3(c4ccccc42)c2cc(-c4cccc5c4sc4ccccc45)sc2C2(c4ccccc4N(c4ccccc4)c4ccccc42)c2cc(-c4cccc5c4sc4ccccc45)sc23)cc1. The van der Waals surface area contributed by atoms with Crippen LogP contribution in [0.3, 0.4) is 0 Å². The highest BCUT2D eigenvalue weighted by Gasteiger charge is 2.61. The Balaban J connectivity index is 1.07. The predicted molar refractivity (Wildman–Crippen MR) is 326 cm³/mol. The van der Waals surface area contributed by atoms with Crippen molar-refractivity contribution >= 4 is 120 Å². The summed E-state index contributed by atoms with van der Waals surface area (Å²) in [5.74, 6) is 0. The summed E-state index contributed by atoms with van der Waals surface area (Å²) in [5, 5.41) is 5.25. The van der Waals surface area contributed by atoms with Crippen molar-refractivity contribution in [3.05, 3.63) is 298 Å². The zero-order valence-electron chi connectivity index (χ0n) is 40.8. The second-order valence-corrected chi connectivity index (χ2v) is 24.4. The maximum absolute atomic E-state index is 2.65. The van der Waals surface area contributed by atoms with Crippen molar-refractivity contribution in [2.75, 3.05) is 9.80 Å². The molecule has 4 aromatic heterocycles. The van der Waals surface area contributed by atoms with Gasteiger partial charge in [-0.3, -0.25) is 0 Å². The normalized spacial score (nSPS) is 14.5. The van der Waals surface area contributed by atoms with E-state index in [0.717, 1.165) is 11.4 Å². The van der Waals surface area contributed by atoms with Crippen LogP contribution in [0.5, 0.6) is 0 Å². The van der Waals surface area contributed by atoms with Crippen LogP contribution in [0.1, 0.15) is 43.1 Å². The average molecular weight is 1040 g/mol. The van der Waals surface area contributed by atoms with E-state index >= 15 is 0 Å². The van der Waals surface area contributed by atoms with Crippen LogP contribution in [0.4, 0.5) is 34.1 Å². The van der Waals surface area contributed by atoms with Crippen molar-refractivity contribution in [3.8, 4) is 20.9 Å². The Labute approximate surface area is 455 Å². The molecule has 2 nitrogen and oxygen atoms in total. The van der Waals surface area contributed by atoms with E-state index in [0.29, 0.717) is 0 Å². The van der Waals surface area contributed by atoms with Crippen LogP contribution in [0, 0.1) is 0 Å². The summed E-state index contributed by atoms with van der Waals surface area (Å²) >= 11 is 7.87. The van der Waals surface area contributed by atoms with Crippen LogP contribution in [0.15, 0.2) is 255 Å². The largest absolute Gasteiger partial charge is 0.310 e. The fourth-order valence-electron chi connectivity index (χ4n) is 13.6. The number of nitrogens with zero attached hydrogens (tertiary/aromatic N) is 2. The Kier molecular flexibility index (Phi) is 9.08. The Morgan fingerprint density at radius 1 is 0.263 bits per heavy atom. The van der Waals surface area contributed by atoms with Crippen LogP contribution >= 0.6 is 45.3 Å². The third-order valence-electron chi connectivity index (χ3n) is 16.5. The summed E-state index contributed by atoms with van der Waals surface area (Å²) in [5.41, 5.74) is 16.0. The predicted octanol–water partition coefficient (Wildman–Crippen LogP) is 20.5. The summed E-state index contributed by atoms with van der Waals surface area (Å²) in [4.78, 5) is 10.3. The van der Waals surface area contributed by atoms with Crippen LogP contribution < -0.4 is 9.80 Å². The fraction of sp³-hybridized carbons (Fsp3) is 0.0286. The molecular weight excluding hydrogens is 997 g/mol. The Morgan fingerprint density at radius 3 is 0.987 bits per heavy atom. The first-order valence-corrected chi connectivity index (χ1v) is 29.2. The molecule has 1 aliphatic carbocycles. The number of hydrogen-bond acceptors (Lipinski definition) is 6. The van der Waals surface area contributed by atoms with E-state index < -0.39 is 10.8 Å². The van der Waals surface area contributed by atoms with Gasteiger partial charge in [0.25, 0.3) is 0 Å². The van der Waals surface area contributed by atoms with Gasteiger partial charge in [-0.05, 0) is 106 Å². The first-order chi connectivity index (χ1) is 37.7. The number of thiophene rings is 4. The highest BCUT2D eigenvalue weighted by molar-refractivity contribution is 7.27. The lowest BCUT2D eigenvalue weighted by Gasteiger charge is -2.53. The van der Waals surface area contributed by atoms with Gasteiger partial charge in [0.1, 0.15) is 0 Å². The molecular formula is C70H42N2S4. The van der Waals surface area contributed by atoms with Gasteiger partial charge in [0.15, 0.2) is 0 Å². The first-order valence-electron chi connectivity index (χ1n) is 25.9. The minimum absolute atomic E-state index is 0.728. The average Bonchev–Trinajstić information content (AvgIpc) is 3.48. The molecule has 0 fully saturated rings. The van der Waals surface area contributed by atoms with Gasteiger partial charge in [-0.25, -0.2) is 0 Å². The van der Waals surface area contributed by atoms with E-state index in [1.807, 2.05) is 45.3 Å². The van der Waals surface area contributed by atoms with Gasteiger partial charge >= 0.3 is 0 Å². The van der Waals surface area contributed by atoms with Gasteiger partial charge in [-0.15, -0.1) is 45.3 Å². The first kappa shape index (κ1) is 42.9. The maximum atomic E-state index is 2.65. The molecule has 6 heterocycles. The molecule has 10 aromatic carbocycles. The minimum Gasteiger partial charge on any atom is -0.310 e. The fourth-order valence-corrected chi connectivity index (χ4v) is 19.1. The van der Waals surface area contributed by atoms with E-state index in [2.05, 4.69) is 265 Å². The lowest BCUT2D eigenvalue weighted by Crippen LogP contribution is -2.47. The minimum atomic E-state index is -0.728. The number of benzene rings is 10. The summed E-state index contributed by atoms with van der Waals surface area (Å²) in [7, 11) is 0. The van der Waals surface area contributed by atoms with Crippen molar-refractivity contribution in [1.82, 2.24) is 0 Å². The molecule has 0 unspecified atom stereocenters. The van der Waals surface area contributed by atoms with Crippen molar-refractivity contribution in [2.45, 2.75) is 10.8 Å². The third kappa shape index (κ3) is 5.58. The highest BCUT2D eigenvalue weighted by Crippen LogP contribution is 2.71. The smallest absolute Gasteiger partial charge is 0.0850 e. The van der Waals surface area contributed by atoms with E-state index in [1.54, 1.807) is 0 Å². The number of rotatable bonds is 4. The van der Waals surface area contributed by atoms with Crippen LogP contribution in [0.2, 0.25) is 0 Å². The van der Waals surface area contributed by atoms with Crippen molar-refractivity contribution in [2.24, 2.45) is 0 Å². The number of fused-ring (bicyclic) bond motifs is 20. The molecule has 6 heteroatoms. The van der Waals surface area contributed by atoms with Crippen LogP contribution in [0.25, 0.3) is 61.2 Å². The van der Waals surface area contributed by atoms with E-state index in [9.17, 15) is 0 Å². The second-order valence-electron chi connectivity index (χ2n) is 20.2. The molecule has 2 aliphatic heterocycles. The van der Waals surface area contributed by atoms with Gasteiger partial charge in [0, 0.05) is 82.4 Å². The highest BCUT2D eigenvalue weighted by atomic mass is 32.1. The summed E-state index contributed by atoms with van der Waals surface area (Å²) in [6.07, 6.45) is 0. The quantitative estimate of drug-likeness (QED) is 0.173. The molecule has 17 rings (SSSR count). The molecule has 76 heavy (non-hydrogen) atoms. The zero-order chi connectivity index (χ0) is 49.7. The standard InChI is InChI=1S/C70H42N2S4/c1-3-21-43(22-4-1)71-57-35-13-9-31-51(57)69(52-32-10-14-36-58(52)71)55-41-63(49-29-19-27-47-45-25-7-17-39-61(45)73-65(47)49)76-68(55)70(53-33-11-15-37-59(53)72(44-23-5-2-6-24-44)60-38-16-12-34-54(60)70)56-42-64(75-67(56)69)50-30-20-28-48-46-26-8-18-40-62(46)74-66(48)50/h1-42H. The zero-order valence-corrected chi connectivity index (χ0v) is 44.0. The summed E-state index contributed by atoms with van der Waals surface area (Å²) in [6, 6.07) is 96.4. The van der Waals surface area contributed by atoms with E-state index in [1.165, 1.54) is 127 Å². The van der Waals surface area contributed by atoms with Gasteiger partial charge in [0.05, 0.1) is 33.6 Å². The maximum Gasteiger partial charge on any atom is 0.0850 e. The lowest BCUT2D eigenvalue weighted by molar-refractivity contribution is 0.634. The Bertz CT molecular complexity index is 4250. The summed E-state index contributed by atoms with van der Waals surface area (Å²) < 4.78 is 5.29. The molecule has 2 spiro atoms. The Morgan fingerprint density at radius 2 is 0.592 bits per heavy atom. The molecule has 0 bridgehead atoms. The second kappa shape index (κ2) is 16.1. The molecule has 356 valence electrons. The molecule has 0 saturated heterocycles. The monoisotopic (exact) mass is 1040 g/mol. The van der Waals surface area contributed by atoms with Crippen molar-refractivity contribution in [3.63, 3.8) is 0 Å². The van der Waals surface area contributed by atoms with E-state index in [-0.39, 0.29) is 0 Å². The molecule has 0 N–H and O–H groups in total. The van der Waals surface area contributed by atoms with Crippen molar-refractivity contribution < 1.29 is 0 Å². The lowest BCUT2D eigenvalue weighted by atomic mass is 9.53. The molecule has 0 saturated carbocycles. The van der Waals surface area contributed by atoms with Gasteiger partial charge in [0.2, 0.25) is 0 Å². The van der Waals surface area contributed by atoms with Gasteiger partial charge in [-0.2, -0.15) is 0 Å². The van der Waals surface area contributed by atoms with Crippen molar-refractivity contribution in [1.29, 1.82) is 0 Å². The molecule has 0 amide bonds. The topological polar surface area (TPSA) is 6.48 Å². The van der Waals surface area contributed by atoms with Gasteiger partial charge < -0.3 is 9.80 Å². The number of para-hydroxylation sites is 6. The Hall–Kier alpha value is -8.36. The molecule has 0 radical (unpaired) electrons. The third-order valence-corrected chi connectivity index (χ3v) is 21.5. The van der Waals surface area contributed by atoms with Crippen LogP contribution in [-0.2, 0) is 10.8 Å². The molecule has 0 atom stereocenters.